The highest BCUT2D eigenvalue weighted by Crippen LogP contribution is 2.33. The Bertz CT molecular complexity index is 387. The molecule has 1 N–H and O–H groups in total. The van der Waals surface area contributed by atoms with Gasteiger partial charge in [0.15, 0.2) is 6.29 Å². The maximum atomic E-state index is 12.2. The van der Waals surface area contributed by atoms with Gasteiger partial charge in [-0.3, -0.25) is 4.79 Å². The van der Waals surface area contributed by atoms with E-state index in [2.05, 4.69) is 31.5 Å². The van der Waals surface area contributed by atoms with Gasteiger partial charge in [0.05, 0.1) is 0 Å². The van der Waals surface area contributed by atoms with Crippen molar-refractivity contribution >= 4 is 5.91 Å². The second-order valence-electron chi connectivity index (χ2n) is 5.43. The summed E-state index contributed by atoms with van der Waals surface area (Å²) in [7, 11) is 1.59. The van der Waals surface area contributed by atoms with Crippen LogP contribution in [0.25, 0.3) is 0 Å². The van der Waals surface area contributed by atoms with E-state index >= 15 is 0 Å². The van der Waals surface area contributed by atoms with E-state index in [1.165, 1.54) is 11.1 Å². The number of allylic oxidation sites excluding steroid dienone is 4. The van der Waals surface area contributed by atoms with Crippen LogP contribution in [0.5, 0.6) is 0 Å². The van der Waals surface area contributed by atoms with Gasteiger partial charge >= 0.3 is 0 Å². The van der Waals surface area contributed by atoms with E-state index in [0.717, 1.165) is 38.5 Å². The summed E-state index contributed by atoms with van der Waals surface area (Å²) < 4.78 is 5.16. The fourth-order valence-corrected chi connectivity index (χ4v) is 2.66. The molecule has 0 aromatic heterocycles. The number of hydrogen-bond donors (Lipinski definition) is 1. The Balaban J connectivity index is 2.51. The summed E-state index contributed by atoms with van der Waals surface area (Å²) in [6, 6.07) is 0. The average Bonchev–Trinajstić information content (AvgIpc) is 2.51. The number of carbonyl (C=O) groups excluding carboxylic acids is 1. The van der Waals surface area contributed by atoms with Gasteiger partial charge in [0, 0.05) is 19.4 Å². The first-order valence-electron chi connectivity index (χ1n) is 7.99. The number of rotatable bonds is 7. The fourth-order valence-electron chi connectivity index (χ4n) is 2.66. The van der Waals surface area contributed by atoms with Gasteiger partial charge in [0.25, 0.3) is 0 Å². The van der Waals surface area contributed by atoms with Gasteiger partial charge in [-0.15, -0.1) is 0 Å². The number of carbonyl (C=O) groups is 1. The van der Waals surface area contributed by atoms with Crippen LogP contribution in [0.1, 0.15) is 59.3 Å². The van der Waals surface area contributed by atoms with Crippen molar-refractivity contribution in [3.05, 3.63) is 23.3 Å². The molecule has 0 aromatic rings. The molecular formula is C17H29NO3. The van der Waals surface area contributed by atoms with Gasteiger partial charge in [-0.1, -0.05) is 32.4 Å². The van der Waals surface area contributed by atoms with Gasteiger partial charge in [-0.05, 0) is 43.8 Å². The molecule has 0 aliphatic heterocycles. The third-order valence-corrected chi connectivity index (χ3v) is 3.89. The zero-order chi connectivity index (χ0) is 15.7. The first-order valence-corrected chi connectivity index (χ1v) is 7.99. The fraction of sp³-hybridized carbons (Fsp3) is 0.706. The number of amides is 1. The van der Waals surface area contributed by atoms with Crippen molar-refractivity contribution in [3.63, 3.8) is 0 Å². The lowest BCUT2D eigenvalue weighted by Gasteiger charge is -2.26. The Morgan fingerprint density at radius 2 is 2.19 bits per heavy atom. The molecule has 4 nitrogen and oxygen atoms in total. The quantitative estimate of drug-likeness (QED) is 0.572. The standard InChI is InChI=1S/C17H29NO3/c1-5-8-14-10-11-15(12-13(14)7-3)17(19)18-21-16(20-4)9-6-2/h7-8,15-16H,5-6,9-12H2,1-4H3,(H,18,19)/b13-7-,14-8-. The number of hydroxylamine groups is 1. The van der Waals surface area contributed by atoms with Crippen molar-refractivity contribution < 1.29 is 14.4 Å². The van der Waals surface area contributed by atoms with E-state index in [4.69, 9.17) is 9.57 Å². The molecule has 0 bridgehead atoms. The Morgan fingerprint density at radius 3 is 2.76 bits per heavy atom. The number of methoxy groups -OCH3 is 1. The first kappa shape index (κ1) is 17.9. The molecule has 1 amide bonds. The monoisotopic (exact) mass is 295 g/mol. The smallest absolute Gasteiger partial charge is 0.247 e. The summed E-state index contributed by atoms with van der Waals surface area (Å²) in [5.41, 5.74) is 5.26. The number of nitrogens with one attached hydrogen (secondary N) is 1. The number of hydrogen-bond acceptors (Lipinski definition) is 3. The Morgan fingerprint density at radius 1 is 1.43 bits per heavy atom. The molecule has 1 rings (SSSR count). The highest BCUT2D eigenvalue weighted by Gasteiger charge is 2.26. The van der Waals surface area contributed by atoms with E-state index in [1.54, 1.807) is 7.11 Å². The molecule has 0 spiro atoms. The van der Waals surface area contributed by atoms with Gasteiger partial charge < -0.3 is 4.74 Å². The molecule has 21 heavy (non-hydrogen) atoms. The zero-order valence-corrected chi connectivity index (χ0v) is 13.8. The summed E-state index contributed by atoms with van der Waals surface area (Å²) in [5.74, 6) is -0.0487. The van der Waals surface area contributed by atoms with Crippen molar-refractivity contribution in [3.8, 4) is 0 Å². The Labute approximate surface area is 128 Å². The molecule has 0 saturated heterocycles. The van der Waals surface area contributed by atoms with E-state index in [1.807, 2.05) is 6.92 Å². The van der Waals surface area contributed by atoms with Crippen molar-refractivity contribution in [1.82, 2.24) is 5.48 Å². The van der Waals surface area contributed by atoms with Crippen LogP contribution in [0.2, 0.25) is 0 Å². The van der Waals surface area contributed by atoms with Crippen molar-refractivity contribution in [1.29, 1.82) is 0 Å². The lowest BCUT2D eigenvalue weighted by molar-refractivity contribution is -0.182. The van der Waals surface area contributed by atoms with Crippen LogP contribution in [0, 0.1) is 5.92 Å². The van der Waals surface area contributed by atoms with E-state index < -0.39 is 0 Å². The third kappa shape index (κ3) is 5.64. The highest BCUT2D eigenvalue weighted by molar-refractivity contribution is 5.78. The van der Waals surface area contributed by atoms with Crippen LogP contribution in [-0.4, -0.2) is 19.3 Å². The molecule has 120 valence electrons. The zero-order valence-electron chi connectivity index (χ0n) is 13.8. The van der Waals surface area contributed by atoms with E-state index in [0.29, 0.717) is 0 Å². The summed E-state index contributed by atoms with van der Waals surface area (Å²) in [6.07, 6.45) is 9.43. The molecule has 0 heterocycles. The van der Waals surface area contributed by atoms with Crippen LogP contribution in [0.15, 0.2) is 23.3 Å². The lowest BCUT2D eigenvalue weighted by Crippen LogP contribution is -2.36. The molecule has 0 radical (unpaired) electrons. The van der Waals surface area contributed by atoms with Gasteiger partial charge in [-0.2, -0.15) is 0 Å². The van der Waals surface area contributed by atoms with Crippen LogP contribution >= 0.6 is 0 Å². The Kier molecular flexibility index (Phi) is 8.31. The molecule has 1 saturated carbocycles. The predicted molar refractivity (Wildman–Crippen MR) is 84.4 cm³/mol. The second-order valence-corrected chi connectivity index (χ2v) is 5.43. The summed E-state index contributed by atoms with van der Waals surface area (Å²) in [6.45, 7) is 6.24. The minimum Gasteiger partial charge on any atom is -0.354 e. The molecule has 0 aromatic carbocycles. The second kappa shape index (κ2) is 9.74. The van der Waals surface area contributed by atoms with Gasteiger partial charge in [-0.25, -0.2) is 10.3 Å². The van der Waals surface area contributed by atoms with Crippen LogP contribution in [0.3, 0.4) is 0 Å². The maximum absolute atomic E-state index is 12.2. The summed E-state index contributed by atoms with van der Waals surface area (Å²) >= 11 is 0. The number of ether oxygens (including phenoxy) is 1. The van der Waals surface area contributed by atoms with Crippen molar-refractivity contribution in [2.45, 2.75) is 65.6 Å². The van der Waals surface area contributed by atoms with Crippen LogP contribution in [-0.2, 0) is 14.4 Å². The topological polar surface area (TPSA) is 47.6 Å². The Hall–Kier alpha value is -1.13. The molecule has 2 unspecified atom stereocenters. The predicted octanol–water partition coefficient (Wildman–Crippen LogP) is 3.89. The van der Waals surface area contributed by atoms with Crippen LogP contribution < -0.4 is 5.48 Å². The molecule has 1 aliphatic carbocycles. The normalized spacial score (nSPS) is 24.3. The van der Waals surface area contributed by atoms with E-state index in [-0.39, 0.29) is 18.1 Å². The highest BCUT2D eigenvalue weighted by atomic mass is 16.8. The maximum Gasteiger partial charge on any atom is 0.247 e. The third-order valence-electron chi connectivity index (χ3n) is 3.89. The molecule has 1 aliphatic rings. The van der Waals surface area contributed by atoms with E-state index in [9.17, 15) is 4.79 Å². The van der Waals surface area contributed by atoms with Crippen LogP contribution in [0.4, 0.5) is 0 Å². The largest absolute Gasteiger partial charge is 0.354 e. The molecule has 2 atom stereocenters. The minimum atomic E-state index is -0.362. The van der Waals surface area contributed by atoms with Gasteiger partial charge in [0.1, 0.15) is 0 Å². The molecule has 4 heteroatoms. The van der Waals surface area contributed by atoms with Crippen molar-refractivity contribution in [2.24, 2.45) is 5.92 Å². The first-order chi connectivity index (χ1) is 10.2. The van der Waals surface area contributed by atoms with Crippen molar-refractivity contribution in [2.75, 3.05) is 7.11 Å². The van der Waals surface area contributed by atoms with Gasteiger partial charge in [0.2, 0.25) is 5.91 Å². The minimum absolute atomic E-state index is 0.00987. The summed E-state index contributed by atoms with van der Waals surface area (Å²) in [4.78, 5) is 17.5. The molecule has 1 fully saturated rings. The average molecular weight is 295 g/mol. The molecular weight excluding hydrogens is 266 g/mol. The SMILES string of the molecule is C/C=C1/CC(C(=O)NOC(CCC)OC)CC/C1=C/CC. The lowest BCUT2D eigenvalue weighted by atomic mass is 9.81. The summed E-state index contributed by atoms with van der Waals surface area (Å²) in [5, 5.41) is 0.